The number of fused-ring (bicyclic) bond motifs is 1. The first-order chi connectivity index (χ1) is 6.33. The summed E-state index contributed by atoms with van der Waals surface area (Å²) < 4.78 is 5.36. The summed E-state index contributed by atoms with van der Waals surface area (Å²) >= 11 is 1.43. The summed E-state index contributed by atoms with van der Waals surface area (Å²) in [6.07, 6.45) is 1.36. The Morgan fingerprint density at radius 1 is 1.54 bits per heavy atom. The Bertz CT molecular complexity index is 452. The van der Waals surface area contributed by atoms with Crippen molar-refractivity contribution in [3.05, 3.63) is 23.5 Å². The summed E-state index contributed by atoms with van der Waals surface area (Å²) in [5.41, 5.74) is 1.11. The maximum atomic E-state index is 11.2. The Labute approximate surface area is 78.2 Å². The lowest BCUT2D eigenvalue weighted by Gasteiger charge is -1.97. The molecule has 0 fully saturated rings. The highest BCUT2D eigenvalue weighted by molar-refractivity contribution is 7.17. The SMILES string of the molecule is COC(=O)c1ncnc2ccsc12. The Balaban J connectivity index is 2.67. The van der Waals surface area contributed by atoms with E-state index < -0.39 is 5.97 Å². The van der Waals surface area contributed by atoms with E-state index in [-0.39, 0.29) is 0 Å². The van der Waals surface area contributed by atoms with E-state index in [0.29, 0.717) is 5.69 Å². The zero-order valence-electron chi connectivity index (χ0n) is 6.85. The van der Waals surface area contributed by atoms with Gasteiger partial charge in [0.15, 0.2) is 5.69 Å². The fraction of sp³-hybridized carbons (Fsp3) is 0.125. The van der Waals surface area contributed by atoms with Crippen LogP contribution in [0.25, 0.3) is 10.2 Å². The van der Waals surface area contributed by atoms with E-state index in [2.05, 4.69) is 14.7 Å². The molecule has 0 aromatic carbocycles. The molecule has 2 aromatic rings. The average Bonchev–Trinajstić information content (AvgIpc) is 2.63. The maximum Gasteiger partial charge on any atom is 0.358 e. The van der Waals surface area contributed by atoms with Crippen molar-refractivity contribution in [2.45, 2.75) is 0 Å². The summed E-state index contributed by atoms with van der Waals surface area (Å²) in [6.45, 7) is 0. The number of thiophene rings is 1. The number of esters is 1. The summed E-state index contributed by atoms with van der Waals surface area (Å²) in [5, 5.41) is 1.87. The number of rotatable bonds is 1. The van der Waals surface area contributed by atoms with E-state index in [4.69, 9.17) is 0 Å². The van der Waals surface area contributed by atoms with E-state index in [1.807, 2.05) is 11.4 Å². The Morgan fingerprint density at radius 3 is 3.15 bits per heavy atom. The molecule has 0 saturated heterocycles. The van der Waals surface area contributed by atoms with E-state index in [0.717, 1.165) is 10.2 Å². The minimum Gasteiger partial charge on any atom is -0.464 e. The van der Waals surface area contributed by atoms with Gasteiger partial charge in [-0.1, -0.05) is 0 Å². The van der Waals surface area contributed by atoms with Gasteiger partial charge in [0.1, 0.15) is 6.33 Å². The van der Waals surface area contributed by atoms with E-state index in [1.54, 1.807) is 0 Å². The molecule has 0 aliphatic rings. The molecule has 0 saturated carbocycles. The molecular weight excluding hydrogens is 188 g/mol. The van der Waals surface area contributed by atoms with Gasteiger partial charge in [0.05, 0.1) is 17.3 Å². The second-order valence-corrected chi connectivity index (χ2v) is 3.26. The highest BCUT2D eigenvalue weighted by Crippen LogP contribution is 2.21. The van der Waals surface area contributed by atoms with Crippen LogP contribution < -0.4 is 0 Å². The van der Waals surface area contributed by atoms with Crippen LogP contribution in [0, 0.1) is 0 Å². The maximum absolute atomic E-state index is 11.2. The monoisotopic (exact) mass is 194 g/mol. The lowest BCUT2D eigenvalue weighted by molar-refractivity contribution is 0.0596. The normalized spacial score (nSPS) is 10.2. The van der Waals surface area contributed by atoms with Crippen LogP contribution in [0.3, 0.4) is 0 Å². The first-order valence-corrected chi connectivity index (χ1v) is 4.47. The number of nitrogens with zero attached hydrogens (tertiary/aromatic N) is 2. The van der Waals surface area contributed by atoms with E-state index >= 15 is 0 Å². The molecule has 0 radical (unpaired) electrons. The van der Waals surface area contributed by atoms with Crippen molar-refractivity contribution < 1.29 is 9.53 Å². The van der Waals surface area contributed by atoms with Crippen molar-refractivity contribution in [2.24, 2.45) is 0 Å². The third-order valence-corrected chi connectivity index (χ3v) is 2.53. The Kier molecular flexibility index (Phi) is 1.94. The quantitative estimate of drug-likeness (QED) is 0.645. The predicted molar refractivity (Wildman–Crippen MR) is 48.8 cm³/mol. The second kappa shape index (κ2) is 3.10. The molecule has 13 heavy (non-hydrogen) atoms. The van der Waals surface area contributed by atoms with Gasteiger partial charge in [-0.25, -0.2) is 14.8 Å². The Morgan fingerprint density at radius 2 is 2.38 bits per heavy atom. The second-order valence-electron chi connectivity index (χ2n) is 2.35. The average molecular weight is 194 g/mol. The molecule has 0 aliphatic heterocycles. The lowest BCUT2D eigenvalue weighted by Crippen LogP contribution is -2.04. The van der Waals surface area contributed by atoms with Crippen LogP contribution in [0.4, 0.5) is 0 Å². The van der Waals surface area contributed by atoms with Crippen LogP contribution in [-0.4, -0.2) is 23.0 Å². The van der Waals surface area contributed by atoms with Crippen molar-refractivity contribution >= 4 is 27.5 Å². The van der Waals surface area contributed by atoms with Gasteiger partial charge in [-0.05, 0) is 11.4 Å². The third kappa shape index (κ3) is 1.27. The molecule has 0 atom stereocenters. The van der Waals surface area contributed by atoms with Gasteiger partial charge in [0.25, 0.3) is 0 Å². The van der Waals surface area contributed by atoms with Gasteiger partial charge in [-0.3, -0.25) is 0 Å². The molecule has 0 aliphatic carbocycles. The summed E-state index contributed by atoms with van der Waals surface area (Å²) in [6, 6.07) is 1.84. The van der Waals surface area contributed by atoms with Gasteiger partial charge < -0.3 is 4.74 Å². The molecule has 5 heteroatoms. The van der Waals surface area contributed by atoms with Gasteiger partial charge >= 0.3 is 5.97 Å². The zero-order valence-corrected chi connectivity index (χ0v) is 7.67. The van der Waals surface area contributed by atoms with Crippen molar-refractivity contribution in [3.63, 3.8) is 0 Å². The smallest absolute Gasteiger partial charge is 0.358 e. The number of hydrogen-bond donors (Lipinski definition) is 0. The molecule has 0 N–H and O–H groups in total. The molecule has 0 unspecified atom stereocenters. The molecule has 2 heterocycles. The number of carbonyl (C=O) groups is 1. The topological polar surface area (TPSA) is 52.1 Å². The number of hydrogen-bond acceptors (Lipinski definition) is 5. The molecule has 66 valence electrons. The first-order valence-electron chi connectivity index (χ1n) is 3.59. The van der Waals surface area contributed by atoms with E-state index in [9.17, 15) is 4.79 Å². The predicted octanol–water partition coefficient (Wildman–Crippen LogP) is 1.48. The lowest BCUT2D eigenvalue weighted by atomic mass is 10.3. The van der Waals surface area contributed by atoms with Crippen LogP contribution >= 0.6 is 11.3 Å². The van der Waals surface area contributed by atoms with Gasteiger partial charge in [0.2, 0.25) is 0 Å². The molecule has 2 rings (SSSR count). The summed E-state index contributed by atoms with van der Waals surface area (Å²) in [5.74, 6) is -0.421. The van der Waals surface area contributed by atoms with Crippen LogP contribution in [0.1, 0.15) is 10.5 Å². The largest absolute Gasteiger partial charge is 0.464 e. The van der Waals surface area contributed by atoms with Crippen LogP contribution in [0.2, 0.25) is 0 Å². The number of ether oxygens (including phenoxy) is 1. The van der Waals surface area contributed by atoms with E-state index in [1.165, 1.54) is 24.8 Å². The van der Waals surface area contributed by atoms with Gasteiger partial charge in [-0.15, -0.1) is 11.3 Å². The minimum absolute atomic E-state index is 0.336. The number of methoxy groups -OCH3 is 1. The van der Waals surface area contributed by atoms with Crippen molar-refractivity contribution in [1.29, 1.82) is 0 Å². The third-order valence-electron chi connectivity index (χ3n) is 1.62. The number of carbonyl (C=O) groups excluding carboxylic acids is 1. The van der Waals surface area contributed by atoms with Crippen molar-refractivity contribution in [2.75, 3.05) is 7.11 Å². The molecule has 0 spiro atoms. The standard InChI is InChI=1S/C8H6N2O2S/c1-12-8(11)6-7-5(2-3-13-7)9-4-10-6/h2-4H,1H3. The van der Waals surface area contributed by atoms with Crippen LogP contribution in [-0.2, 0) is 4.74 Å². The van der Waals surface area contributed by atoms with Gasteiger partial charge in [-0.2, -0.15) is 0 Å². The highest BCUT2D eigenvalue weighted by atomic mass is 32.1. The zero-order chi connectivity index (χ0) is 9.26. The molecular formula is C8H6N2O2S. The molecule has 4 nitrogen and oxygen atoms in total. The van der Waals surface area contributed by atoms with Crippen LogP contribution in [0.5, 0.6) is 0 Å². The fourth-order valence-corrected chi connectivity index (χ4v) is 1.85. The molecule has 0 amide bonds. The number of aromatic nitrogens is 2. The summed E-state index contributed by atoms with van der Waals surface area (Å²) in [7, 11) is 1.34. The molecule has 0 bridgehead atoms. The van der Waals surface area contributed by atoms with Crippen molar-refractivity contribution in [1.82, 2.24) is 9.97 Å². The Hall–Kier alpha value is -1.49. The minimum atomic E-state index is -0.421. The van der Waals surface area contributed by atoms with Crippen LogP contribution in [0.15, 0.2) is 17.8 Å². The van der Waals surface area contributed by atoms with Crippen molar-refractivity contribution in [3.8, 4) is 0 Å². The highest BCUT2D eigenvalue weighted by Gasteiger charge is 2.12. The summed E-state index contributed by atoms with van der Waals surface area (Å²) in [4.78, 5) is 19.1. The first kappa shape index (κ1) is 8.12. The van der Waals surface area contributed by atoms with Gasteiger partial charge in [0, 0.05) is 0 Å². The fourth-order valence-electron chi connectivity index (χ4n) is 1.03. The molecule has 2 aromatic heterocycles.